The van der Waals surface area contributed by atoms with Crippen molar-refractivity contribution in [3.05, 3.63) is 18.4 Å². The van der Waals surface area contributed by atoms with E-state index in [0.29, 0.717) is 0 Å². The molecule has 0 spiro atoms. The lowest BCUT2D eigenvalue weighted by atomic mass is 10.00. The van der Waals surface area contributed by atoms with Gasteiger partial charge in [-0.2, -0.15) is 0 Å². The van der Waals surface area contributed by atoms with Crippen LogP contribution in [0.2, 0.25) is 0 Å². The van der Waals surface area contributed by atoms with Crippen LogP contribution in [-0.2, 0) is 11.3 Å². The molecule has 6 nitrogen and oxygen atoms in total. The lowest BCUT2D eigenvalue weighted by molar-refractivity contribution is -0.135. The summed E-state index contributed by atoms with van der Waals surface area (Å²) < 4.78 is 7.44. The minimum atomic E-state index is 0.0813. The van der Waals surface area contributed by atoms with Crippen LogP contribution >= 0.6 is 11.8 Å². The zero-order valence-corrected chi connectivity index (χ0v) is 13.7. The molecule has 1 atom stereocenters. The van der Waals surface area contributed by atoms with Gasteiger partial charge in [-0.3, -0.25) is 9.36 Å². The fourth-order valence-corrected chi connectivity index (χ4v) is 3.85. The standard InChI is InChI=1S/C15H20N4O2S/c1-3-19-13(12-7-5-9-21-12)16-17-15(19)22-10-11-6-4-8-18(2)14(11)20/h5,7,9,11H,3-4,6,8,10H2,1-2H3/t11-/m1/s1. The van der Waals surface area contributed by atoms with Crippen LogP contribution in [0.25, 0.3) is 11.6 Å². The van der Waals surface area contributed by atoms with E-state index in [1.54, 1.807) is 18.0 Å². The third kappa shape index (κ3) is 2.90. The Kier molecular flexibility index (Phi) is 4.52. The van der Waals surface area contributed by atoms with Gasteiger partial charge in [0.2, 0.25) is 5.91 Å². The predicted octanol–water partition coefficient (Wildman–Crippen LogP) is 2.52. The van der Waals surface area contributed by atoms with Gasteiger partial charge in [-0.05, 0) is 31.9 Å². The number of amides is 1. The number of hydrogen-bond donors (Lipinski definition) is 0. The van der Waals surface area contributed by atoms with Gasteiger partial charge in [0.15, 0.2) is 16.7 Å². The fourth-order valence-electron chi connectivity index (χ4n) is 2.72. The number of hydrogen-bond acceptors (Lipinski definition) is 5. The number of thioether (sulfide) groups is 1. The van der Waals surface area contributed by atoms with Crippen LogP contribution in [0, 0.1) is 5.92 Å². The van der Waals surface area contributed by atoms with Crippen LogP contribution in [0.5, 0.6) is 0 Å². The Balaban J connectivity index is 1.72. The van der Waals surface area contributed by atoms with Crippen LogP contribution in [0.15, 0.2) is 28.0 Å². The Morgan fingerprint density at radius 1 is 1.45 bits per heavy atom. The van der Waals surface area contributed by atoms with Crippen molar-refractivity contribution in [2.45, 2.75) is 31.5 Å². The van der Waals surface area contributed by atoms with Crippen molar-refractivity contribution in [1.29, 1.82) is 0 Å². The van der Waals surface area contributed by atoms with Gasteiger partial charge in [-0.1, -0.05) is 11.8 Å². The molecule has 1 aliphatic rings. The van der Waals surface area contributed by atoms with E-state index < -0.39 is 0 Å². The third-order valence-corrected chi connectivity index (χ3v) is 5.09. The van der Waals surface area contributed by atoms with E-state index in [4.69, 9.17) is 4.42 Å². The smallest absolute Gasteiger partial charge is 0.226 e. The molecule has 1 saturated heterocycles. The Labute approximate surface area is 133 Å². The first kappa shape index (κ1) is 15.1. The minimum Gasteiger partial charge on any atom is -0.461 e. The summed E-state index contributed by atoms with van der Waals surface area (Å²) >= 11 is 1.60. The molecule has 118 valence electrons. The van der Waals surface area contributed by atoms with Crippen LogP contribution in [0.1, 0.15) is 19.8 Å². The molecule has 2 aromatic heterocycles. The number of piperidine rings is 1. The number of carbonyl (C=O) groups excluding carboxylic acids is 1. The van der Waals surface area contributed by atoms with Crippen molar-refractivity contribution in [1.82, 2.24) is 19.7 Å². The van der Waals surface area contributed by atoms with Crippen molar-refractivity contribution in [3.63, 3.8) is 0 Å². The molecule has 2 aromatic rings. The fraction of sp³-hybridized carbons (Fsp3) is 0.533. The molecule has 0 unspecified atom stereocenters. The maximum atomic E-state index is 12.1. The number of likely N-dealkylation sites (tertiary alicyclic amines) is 1. The van der Waals surface area contributed by atoms with Gasteiger partial charge in [0.05, 0.1) is 6.26 Å². The highest BCUT2D eigenvalue weighted by molar-refractivity contribution is 7.99. The quantitative estimate of drug-likeness (QED) is 0.792. The monoisotopic (exact) mass is 320 g/mol. The summed E-state index contributed by atoms with van der Waals surface area (Å²) in [5.74, 6) is 2.53. The molecule has 1 amide bonds. The van der Waals surface area contributed by atoms with Gasteiger partial charge in [0.1, 0.15) is 0 Å². The summed E-state index contributed by atoms with van der Waals surface area (Å²) in [5, 5.41) is 9.34. The van der Waals surface area contributed by atoms with E-state index in [-0.39, 0.29) is 11.8 Å². The molecule has 22 heavy (non-hydrogen) atoms. The van der Waals surface area contributed by atoms with Crippen molar-refractivity contribution >= 4 is 17.7 Å². The zero-order valence-electron chi connectivity index (χ0n) is 12.9. The second-order valence-corrected chi connectivity index (χ2v) is 6.42. The molecule has 0 aliphatic carbocycles. The highest BCUT2D eigenvalue weighted by Crippen LogP contribution is 2.28. The Morgan fingerprint density at radius 3 is 3.05 bits per heavy atom. The van der Waals surface area contributed by atoms with Crippen LogP contribution < -0.4 is 0 Å². The molecule has 1 fully saturated rings. The number of aromatic nitrogens is 3. The summed E-state index contributed by atoms with van der Waals surface area (Å²) in [6.45, 7) is 3.69. The van der Waals surface area contributed by atoms with E-state index in [1.165, 1.54) is 0 Å². The first-order valence-electron chi connectivity index (χ1n) is 7.55. The summed E-state index contributed by atoms with van der Waals surface area (Å²) in [6.07, 6.45) is 3.67. The number of carbonyl (C=O) groups is 1. The maximum Gasteiger partial charge on any atom is 0.226 e. The van der Waals surface area contributed by atoms with Gasteiger partial charge in [0, 0.05) is 31.8 Å². The molecule has 3 rings (SSSR count). The Bertz CT molecular complexity index is 638. The Morgan fingerprint density at radius 2 is 2.32 bits per heavy atom. The summed E-state index contributed by atoms with van der Waals surface area (Å²) in [5.41, 5.74) is 0. The summed E-state index contributed by atoms with van der Waals surface area (Å²) in [7, 11) is 1.88. The van der Waals surface area contributed by atoms with Crippen LogP contribution in [0.4, 0.5) is 0 Å². The highest BCUT2D eigenvalue weighted by atomic mass is 32.2. The van der Waals surface area contributed by atoms with E-state index >= 15 is 0 Å². The van der Waals surface area contributed by atoms with Crippen LogP contribution in [0.3, 0.4) is 0 Å². The number of furan rings is 1. The van der Waals surface area contributed by atoms with E-state index in [9.17, 15) is 4.79 Å². The normalized spacial score (nSPS) is 18.9. The lowest BCUT2D eigenvalue weighted by Crippen LogP contribution is -2.39. The number of rotatable bonds is 5. The van der Waals surface area contributed by atoms with Gasteiger partial charge in [0.25, 0.3) is 0 Å². The maximum absolute atomic E-state index is 12.1. The van der Waals surface area contributed by atoms with Crippen molar-refractivity contribution in [3.8, 4) is 11.6 Å². The van der Waals surface area contributed by atoms with Gasteiger partial charge in [-0.15, -0.1) is 10.2 Å². The predicted molar refractivity (Wildman–Crippen MR) is 84.5 cm³/mol. The second-order valence-electron chi connectivity index (χ2n) is 5.44. The van der Waals surface area contributed by atoms with Crippen molar-refractivity contribution < 1.29 is 9.21 Å². The van der Waals surface area contributed by atoms with E-state index in [0.717, 1.165) is 48.4 Å². The van der Waals surface area contributed by atoms with E-state index in [1.807, 2.05) is 28.6 Å². The van der Waals surface area contributed by atoms with Gasteiger partial charge in [-0.25, -0.2) is 0 Å². The molecule has 3 heterocycles. The van der Waals surface area contributed by atoms with E-state index in [2.05, 4.69) is 17.1 Å². The molecule has 0 N–H and O–H groups in total. The molecule has 0 saturated carbocycles. The molecular formula is C15H20N4O2S. The molecule has 7 heteroatoms. The first-order valence-corrected chi connectivity index (χ1v) is 8.54. The zero-order chi connectivity index (χ0) is 15.5. The van der Waals surface area contributed by atoms with Gasteiger partial charge < -0.3 is 9.32 Å². The third-order valence-electron chi connectivity index (χ3n) is 3.96. The molecule has 1 aliphatic heterocycles. The van der Waals surface area contributed by atoms with Crippen molar-refractivity contribution in [2.75, 3.05) is 19.3 Å². The van der Waals surface area contributed by atoms with Gasteiger partial charge >= 0.3 is 0 Å². The average Bonchev–Trinajstić information content (AvgIpc) is 3.17. The highest BCUT2D eigenvalue weighted by Gasteiger charge is 2.27. The topological polar surface area (TPSA) is 64.2 Å². The van der Waals surface area contributed by atoms with Crippen LogP contribution in [-0.4, -0.2) is 44.9 Å². The number of nitrogens with zero attached hydrogens (tertiary/aromatic N) is 4. The first-order chi connectivity index (χ1) is 10.7. The summed E-state index contributed by atoms with van der Waals surface area (Å²) in [6, 6.07) is 3.72. The second kappa shape index (κ2) is 6.56. The molecule has 0 aromatic carbocycles. The largest absolute Gasteiger partial charge is 0.461 e. The molecular weight excluding hydrogens is 300 g/mol. The molecule has 0 bridgehead atoms. The Hall–Kier alpha value is -1.76. The summed E-state index contributed by atoms with van der Waals surface area (Å²) in [4.78, 5) is 14.0. The minimum absolute atomic E-state index is 0.0813. The van der Waals surface area contributed by atoms with Crippen molar-refractivity contribution in [2.24, 2.45) is 5.92 Å². The lowest BCUT2D eigenvalue weighted by Gasteiger charge is -2.28. The average molecular weight is 320 g/mol. The SMILES string of the molecule is CCn1c(SC[C@H]2CCCN(C)C2=O)nnc1-c1ccco1. The molecule has 0 radical (unpaired) electrons.